The number of aryl methyl sites for hydroxylation is 1. The number of nitrogens with one attached hydrogen (secondary N) is 1. The number of nitrogens with zero attached hydrogens (tertiary/aromatic N) is 1. The van der Waals surface area contributed by atoms with Crippen molar-refractivity contribution < 1.29 is 14.3 Å². The van der Waals surface area contributed by atoms with Gasteiger partial charge in [0.25, 0.3) is 5.91 Å². The molecule has 1 atom stereocenters. The summed E-state index contributed by atoms with van der Waals surface area (Å²) in [5, 5.41) is 3.77. The number of ether oxygens (including phenoxy) is 2. The van der Waals surface area contributed by atoms with Gasteiger partial charge >= 0.3 is 0 Å². The van der Waals surface area contributed by atoms with Gasteiger partial charge < -0.3 is 14.8 Å². The average Bonchev–Trinajstić information content (AvgIpc) is 2.95. The Labute approximate surface area is 140 Å². The van der Waals surface area contributed by atoms with E-state index in [1.807, 2.05) is 39.0 Å². The van der Waals surface area contributed by atoms with E-state index in [0.717, 1.165) is 22.7 Å². The van der Waals surface area contributed by atoms with Crippen molar-refractivity contribution in [3.8, 4) is 22.1 Å². The first-order valence-electron chi connectivity index (χ1n) is 7.50. The molecule has 0 aliphatic rings. The summed E-state index contributed by atoms with van der Waals surface area (Å²) in [6, 6.07) is 5.77. The van der Waals surface area contributed by atoms with E-state index in [9.17, 15) is 4.79 Å². The Bertz CT molecular complexity index is 697. The molecule has 2 aromatic rings. The fraction of sp³-hybridized carbons (Fsp3) is 0.412. The molecule has 0 aliphatic heterocycles. The van der Waals surface area contributed by atoms with Crippen LogP contribution >= 0.6 is 11.3 Å². The van der Waals surface area contributed by atoms with Crippen molar-refractivity contribution in [2.24, 2.45) is 0 Å². The number of aromatic nitrogens is 1. The van der Waals surface area contributed by atoms with Gasteiger partial charge in [-0.25, -0.2) is 4.98 Å². The third-order valence-corrected chi connectivity index (χ3v) is 4.83. The minimum atomic E-state index is -0.0684. The van der Waals surface area contributed by atoms with E-state index in [0.29, 0.717) is 16.4 Å². The van der Waals surface area contributed by atoms with Crippen molar-refractivity contribution in [1.29, 1.82) is 0 Å². The number of thiazole rings is 1. The molecular formula is C17H22N2O3S. The highest BCUT2D eigenvalue weighted by atomic mass is 32.1. The van der Waals surface area contributed by atoms with E-state index in [2.05, 4.69) is 10.3 Å². The van der Waals surface area contributed by atoms with E-state index in [1.165, 1.54) is 11.3 Å². The lowest BCUT2D eigenvalue weighted by Gasteiger charge is -2.10. The van der Waals surface area contributed by atoms with Gasteiger partial charge in [0.05, 0.1) is 19.9 Å². The van der Waals surface area contributed by atoms with Crippen LogP contribution < -0.4 is 14.8 Å². The molecular weight excluding hydrogens is 312 g/mol. The summed E-state index contributed by atoms with van der Waals surface area (Å²) in [5.41, 5.74) is 1.64. The summed E-state index contributed by atoms with van der Waals surface area (Å²) in [7, 11) is 3.20. The minimum Gasteiger partial charge on any atom is -0.493 e. The zero-order chi connectivity index (χ0) is 17.0. The second-order valence-corrected chi connectivity index (χ2v) is 6.29. The highest BCUT2D eigenvalue weighted by Crippen LogP contribution is 2.34. The molecule has 5 nitrogen and oxygen atoms in total. The number of benzene rings is 1. The molecule has 0 saturated heterocycles. The highest BCUT2D eigenvalue weighted by molar-refractivity contribution is 7.17. The quantitative estimate of drug-likeness (QED) is 0.876. The molecule has 0 spiro atoms. The molecule has 1 aromatic heterocycles. The number of rotatable bonds is 6. The lowest BCUT2D eigenvalue weighted by Crippen LogP contribution is -2.31. The molecule has 1 unspecified atom stereocenters. The van der Waals surface area contributed by atoms with Crippen molar-refractivity contribution in [2.45, 2.75) is 33.2 Å². The van der Waals surface area contributed by atoms with Crippen LogP contribution in [0.15, 0.2) is 18.2 Å². The van der Waals surface area contributed by atoms with E-state index >= 15 is 0 Å². The number of amides is 1. The Morgan fingerprint density at radius 2 is 2.00 bits per heavy atom. The average molecular weight is 334 g/mol. The molecule has 1 heterocycles. The van der Waals surface area contributed by atoms with E-state index in [4.69, 9.17) is 9.47 Å². The maximum absolute atomic E-state index is 12.3. The normalized spacial score (nSPS) is 11.9. The van der Waals surface area contributed by atoms with Gasteiger partial charge in [0, 0.05) is 11.6 Å². The third kappa shape index (κ3) is 3.82. The molecule has 0 saturated carbocycles. The van der Waals surface area contributed by atoms with Crippen LogP contribution in [0.2, 0.25) is 0 Å². The fourth-order valence-electron chi connectivity index (χ4n) is 2.09. The Morgan fingerprint density at radius 3 is 2.61 bits per heavy atom. The monoisotopic (exact) mass is 334 g/mol. The van der Waals surface area contributed by atoms with Crippen LogP contribution in [-0.2, 0) is 0 Å². The fourth-order valence-corrected chi connectivity index (χ4v) is 3.06. The van der Waals surface area contributed by atoms with Gasteiger partial charge in [0.2, 0.25) is 0 Å². The van der Waals surface area contributed by atoms with Crippen LogP contribution in [0.3, 0.4) is 0 Å². The number of hydrogen-bond donors (Lipinski definition) is 1. The van der Waals surface area contributed by atoms with Crippen LogP contribution in [0.4, 0.5) is 0 Å². The van der Waals surface area contributed by atoms with Crippen molar-refractivity contribution in [2.75, 3.05) is 14.2 Å². The molecule has 1 aromatic carbocycles. The standard InChI is InChI=1S/C17H22N2O3S/c1-6-10(2)18-16(20)15-11(3)19-17(23-15)12-7-8-13(21-4)14(9-12)22-5/h7-10H,6H2,1-5H3,(H,18,20). The number of methoxy groups -OCH3 is 2. The SMILES string of the molecule is CCC(C)NC(=O)c1sc(-c2ccc(OC)c(OC)c2)nc1C. The zero-order valence-electron chi connectivity index (χ0n) is 14.1. The molecule has 2 rings (SSSR count). The second kappa shape index (κ2) is 7.46. The smallest absolute Gasteiger partial charge is 0.263 e. The molecule has 1 N–H and O–H groups in total. The van der Waals surface area contributed by atoms with Crippen molar-refractivity contribution >= 4 is 17.2 Å². The Morgan fingerprint density at radius 1 is 1.30 bits per heavy atom. The molecule has 0 bridgehead atoms. The lowest BCUT2D eigenvalue weighted by atomic mass is 10.2. The number of hydrogen-bond acceptors (Lipinski definition) is 5. The van der Waals surface area contributed by atoms with Gasteiger partial charge in [-0.1, -0.05) is 6.92 Å². The summed E-state index contributed by atoms with van der Waals surface area (Å²) in [4.78, 5) is 17.5. The first kappa shape index (κ1) is 17.3. The minimum absolute atomic E-state index is 0.0684. The predicted octanol–water partition coefficient (Wildman–Crippen LogP) is 3.66. The van der Waals surface area contributed by atoms with Gasteiger partial charge in [-0.05, 0) is 38.5 Å². The Hall–Kier alpha value is -2.08. The number of carbonyl (C=O) groups is 1. The Balaban J connectivity index is 2.32. The summed E-state index contributed by atoms with van der Waals surface area (Å²) in [5.74, 6) is 1.24. The maximum atomic E-state index is 12.3. The van der Waals surface area contributed by atoms with Crippen LogP contribution in [-0.4, -0.2) is 31.2 Å². The van der Waals surface area contributed by atoms with E-state index in [1.54, 1.807) is 14.2 Å². The van der Waals surface area contributed by atoms with Gasteiger partial charge in [-0.2, -0.15) is 0 Å². The van der Waals surface area contributed by atoms with Crippen molar-refractivity contribution in [3.05, 3.63) is 28.8 Å². The molecule has 6 heteroatoms. The van der Waals surface area contributed by atoms with E-state index in [-0.39, 0.29) is 11.9 Å². The van der Waals surface area contributed by atoms with Crippen molar-refractivity contribution in [3.63, 3.8) is 0 Å². The van der Waals surface area contributed by atoms with Gasteiger partial charge in [-0.3, -0.25) is 4.79 Å². The van der Waals surface area contributed by atoms with Crippen LogP contribution in [0, 0.1) is 6.92 Å². The first-order chi connectivity index (χ1) is 11.0. The molecule has 1 amide bonds. The van der Waals surface area contributed by atoms with Gasteiger partial charge in [0.1, 0.15) is 9.88 Å². The van der Waals surface area contributed by atoms with Gasteiger partial charge in [-0.15, -0.1) is 11.3 Å². The summed E-state index contributed by atoms with van der Waals surface area (Å²) in [6.07, 6.45) is 0.895. The molecule has 0 radical (unpaired) electrons. The molecule has 0 aliphatic carbocycles. The van der Waals surface area contributed by atoms with E-state index < -0.39 is 0 Å². The van der Waals surface area contributed by atoms with Crippen LogP contribution in [0.25, 0.3) is 10.6 Å². The molecule has 23 heavy (non-hydrogen) atoms. The van der Waals surface area contributed by atoms with Gasteiger partial charge in [0.15, 0.2) is 11.5 Å². The van der Waals surface area contributed by atoms with Crippen LogP contribution in [0.1, 0.15) is 35.6 Å². The highest BCUT2D eigenvalue weighted by Gasteiger charge is 2.18. The third-order valence-electron chi connectivity index (χ3n) is 3.62. The predicted molar refractivity (Wildman–Crippen MR) is 92.6 cm³/mol. The molecule has 0 fully saturated rings. The maximum Gasteiger partial charge on any atom is 0.263 e. The van der Waals surface area contributed by atoms with Crippen molar-refractivity contribution in [1.82, 2.24) is 10.3 Å². The molecule has 124 valence electrons. The number of carbonyl (C=O) groups excluding carboxylic acids is 1. The Kier molecular flexibility index (Phi) is 5.60. The summed E-state index contributed by atoms with van der Waals surface area (Å²) in [6.45, 7) is 5.88. The second-order valence-electron chi connectivity index (χ2n) is 5.29. The van der Waals surface area contributed by atoms with Crippen LogP contribution in [0.5, 0.6) is 11.5 Å². The summed E-state index contributed by atoms with van der Waals surface area (Å²) >= 11 is 1.39. The lowest BCUT2D eigenvalue weighted by molar-refractivity contribution is 0.0942. The zero-order valence-corrected chi connectivity index (χ0v) is 14.9. The first-order valence-corrected chi connectivity index (χ1v) is 8.32. The largest absolute Gasteiger partial charge is 0.493 e. The summed E-state index contributed by atoms with van der Waals surface area (Å²) < 4.78 is 10.6. The topological polar surface area (TPSA) is 60.5 Å².